The summed E-state index contributed by atoms with van der Waals surface area (Å²) < 4.78 is 38.4. The first kappa shape index (κ1) is 51.2. The zero-order chi connectivity index (χ0) is 40.8. The minimum atomic E-state index is -4.41. The fourth-order valence-electron chi connectivity index (χ4n) is 5.42. The maximum absolute atomic E-state index is 12.6. The number of hydrogen-bond donors (Lipinski definition) is 2. The number of esters is 2. The molecule has 0 spiro atoms. The average Bonchev–Trinajstić information content (AvgIpc) is 3.94. The first-order chi connectivity index (χ1) is 27.3. The Morgan fingerprint density at radius 3 is 1.79 bits per heavy atom. The van der Waals surface area contributed by atoms with Gasteiger partial charge in [-0.15, -0.1) is 0 Å². The van der Waals surface area contributed by atoms with E-state index < -0.39 is 32.5 Å². The summed E-state index contributed by atoms with van der Waals surface area (Å²) in [6.45, 7) is 3.46. The van der Waals surface area contributed by atoms with E-state index in [1.807, 2.05) is 6.08 Å². The molecule has 11 heteroatoms. The molecule has 3 unspecified atom stereocenters. The van der Waals surface area contributed by atoms with Crippen molar-refractivity contribution >= 4 is 19.8 Å². The number of unbranched alkanes of at least 4 members (excludes halogenated alkanes) is 8. The van der Waals surface area contributed by atoms with Gasteiger partial charge in [0, 0.05) is 19.4 Å². The summed E-state index contributed by atoms with van der Waals surface area (Å²) in [5, 5.41) is 0. The van der Waals surface area contributed by atoms with Crippen LogP contribution in [0.25, 0.3) is 0 Å². The monoisotopic (exact) mass is 804 g/mol. The van der Waals surface area contributed by atoms with Crippen molar-refractivity contribution in [3.05, 3.63) is 85.1 Å². The number of allylic oxidation sites excluding steroid dienone is 12. The Kier molecular flexibility index (Phi) is 33.3. The third-order valence-corrected chi connectivity index (χ3v) is 9.65. The Balaban J connectivity index is 2.26. The zero-order valence-corrected chi connectivity index (χ0v) is 35.4. The highest BCUT2D eigenvalue weighted by molar-refractivity contribution is 7.47. The maximum Gasteiger partial charge on any atom is 0.472 e. The van der Waals surface area contributed by atoms with Crippen LogP contribution in [0.2, 0.25) is 0 Å². The van der Waals surface area contributed by atoms with Crippen LogP contribution in [0.4, 0.5) is 0 Å². The molecule has 10 nitrogen and oxygen atoms in total. The molecule has 0 aromatic carbocycles. The molecule has 1 heterocycles. The van der Waals surface area contributed by atoms with Gasteiger partial charge in [0.15, 0.2) is 6.10 Å². The number of phosphoric ester groups is 1. The van der Waals surface area contributed by atoms with Crippen LogP contribution in [0.1, 0.15) is 142 Å². The van der Waals surface area contributed by atoms with Crippen LogP contribution in [0.5, 0.6) is 0 Å². The number of phosphoric acid groups is 1. The van der Waals surface area contributed by atoms with Crippen molar-refractivity contribution < 1.29 is 42.3 Å². The second-order valence-corrected chi connectivity index (χ2v) is 15.3. The van der Waals surface area contributed by atoms with E-state index in [9.17, 15) is 19.0 Å². The number of rotatable bonds is 37. The number of nitrogens with two attached hydrogens (primary N) is 1. The van der Waals surface area contributed by atoms with Gasteiger partial charge in [-0.05, 0) is 89.9 Å². The lowest BCUT2D eigenvalue weighted by Gasteiger charge is -2.19. The lowest BCUT2D eigenvalue weighted by Crippen LogP contribution is -2.29. The lowest BCUT2D eigenvalue weighted by molar-refractivity contribution is -0.161. The van der Waals surface area contributed by atoms with Crippen LogP contribution in [0.15, 0.2) is 85.1 Å². The minimum Gasteiger partial charge on any atom is -0.462 e. The summed E-state index contributed by atoms with van der Waals surface area (Å²) in [5.41, 5.74) is 5.34. The van der Waals surface area contributed by atoms with Crippen LogP contribution in [0, 0.1) is 0 Å². The number of carbonyl (C=O) groups is 2. The van der Waals surface area contributed by atoms with Gasteiger partial charge in [-0.2, -0.15) is 0 Å². The third kappa shape index (κ3) is 33.3. The average molecular weight is 804 g/mol. The van der Waals surface area contributed by atoms with Crippen LogP contribution in [-0.2, 0) is 37.4 Å². The van der Waals surface area contributed by atoms with Gasteiger partial charge in [0.1, 0.15) is 6.61 Å². The zero-order valence-electron chi connectivity index (χ0n) is 34.5. The van der Waals surface area contributed by atoms with E-state index in [-0.39, 0.29) is 32.6 Å². The SMILES string of the molecule is CC/C=C\C/C=C\C/C=C\C/C=C\CCCCCCC(=O)O[C@H](COC(=O)CCC/C=C\C/C=C\CC1OC1C/C=C\CCCCC)COP(=O)(O)OCCN. The largest absolute Gasteiger partial charge is 0.472 e. The van der Waals surface area contributed by atoms with Crippen molar-refractivity contribution in [1.82, 2.24) is 0 Å². The van der Waals surface area contributed by atoms with Crippen molar-refractivity contribution in [3.8, 4) is 0 Å². The normalized spacial score (nSPS) is 17.8. The standard InChI is InChI=1S/C45H74NO9P/c1-3-5-7-9-11-12-13-14-15-16-17-18-19-20-23-28-32-36-45(48)54-41(40-53-56(49,50)52-38-37-46)39-51-44(47)35-31-27-24-21-22-26-30-34-43-42(55-43)33-29-25-10-8-6-4-2/h5,7,11-12,14-15,17-18,21,24-26,29-30,41-43H,3-4,6,8-10,13,16,19-20,22-23,27-28,31-40,46H2,1-2H3,(H,49,50)/b7-5-,12-11-,15-14-,18-17-,24-21-,29-25-,30-26-/t41-,42?,43?/m1/s1. The number of ether oxygens (including phenoxy) is 3. The Morgan fingerprint density at radius 1 is 0.643 bits per heavy atom. The van der Waals surface area contributed by atoms with Gasteiger partial charge in [-0.3, -0.25) is 18.6 Å². The predicted molar refractivity (Wildman–Crippen MR) is 228 cm³/mol. The Morgan fingerprint density at radius 2 is 1.16 bits per heavy atom. The predicted octanol–water partition coefficient (Wildman–Crippen LogP) is 11.0. The van der Waals surface area contributed by atoms with E-state index in [2.05, 4.69) is 92.8 Å². The highest BCUT2D eigenvalue weighted by atomic mass is 31.2. The van der Waals surface area contributed by atoms with E-state index in [4.69, 9.17) is 29.0 Å². The number of hydrogen-bond acceptors (Lipinski definition) is 9. The summed E-state index contributed by atoms with van der Waals surface area (Å²) in [7, 11) is -4.41. The Hall–Kier alpha value is -2.85. The second kappa shape index (κ2) is 36.5. The number of carbonyl (C=O) groups excluding carboxylic acids is 2. The molecule has 0 bridgehead atoms. The minimum absolute atomic E-state index is 0.0348. The Bertz CT molecular complexity index is 1260. The van der Waals surface area contributed by atoms with Gasteiger partial charge in [0.05, 0.1) is 25.4 Å². The summed E-state index contributed by atoms with van der Waals surface area (Å²) in [5.74, 6) is -0.938. The van der Waals surface area contributed by atoms with E-state index in [0.29, 0.717) is 25.0 Å². The van der Waals surface area contributed by atoms with Gasteiger partial charge in [-0.25, -0.2) is 4.57 Å². The first-order valence-corrected chi connectivity index (χ1v) is 22.7. The van der Waals surface area contributed by atoms with E-state index >= 15 is 0 Å². The first-order valence-electron chi connectivity index (χ1n) is 21.2. The van der Waals surface area contributed by atoms with Gasteiger partial charge in [-0.1, -0.05) is 125 Å². The van der Waals surface area contributed by atoms with Crippen molar-refractivity contribution in [2.75, 3.05) is 26.4 Å². The van der Waals surface area contributed by atoms with Crippen LogP contribution < -0.4 is 5.73 Å². The molecule has 4 atom stereocenters. The topological polar surface area (TPSA) is 147 Å². The van der Waals surface area contributed by atoms with Crippen molar-refractivity contribution in [1.29, 1.82) is 0 Å². The van der Waals surface area contributed by atoms with Crippen molar-refractivity contribution in [2.45, 2.75) is 161 Å². The molecule has 0 aromatic heterocycles. The quantitative estimate of drug-likeness (QED) is 0.0204. The molecule has 0 aliphatic carbocycles. The molecule has 1 aliphatic rings. The van der Waals surface area contributed by atoms with E-state index in [1.165, 1.54) is 19.3 Å². The van der Waals surface area contributed by atoms with Crippen LogP contribution in [-0.4, -0.2) is 61.5 Å². The summed E-state index contributed by atoms with van der Waals surface area (Å²) >= 11 is 0. The Labute approximate surface area is 339 Å². The molecule has 1 fully saturated rings. The van der Waals surface area contributed by atoms with Crippen molar-refractivity contribution in [2.24, 2.45) is 5.73 Å². The molecule has 0 aromatic rings. The smallest absolute Gasteiger partial charge is 0.462 e. The van der Waals surface area contributed by atoms with Crippen LogP contribution in [0.3, 0.4) is 0 Å². The molecule has 318 valence electrons. The highest BCUT2D eigenvalue weighted by Crippen LogP contribution is 2.43. The molecular formula is C45H74NO9P. The van der Waals surface area contributed by atoms with Crippen molar-refractivity contribution in [3.63, 3.8) is 0 Å². The molecule has 1 rings (SSSR count). The van der Waals surface area contributed by atoms with Gasteiger partial charge >= 0.3 is 19.8 Å². The molecular weight excluding hydrogens is 729 g/mol. The van der Waals surface area contributed by atoms with Gasteiger partial charge in [0.25, 0.3) is 0 Å². The fourth-order valence-corrected chi connectivity index (χ4v) is 6.19. The van der Waals surface area contributed by atoms with E-state index in [0.717, 1.165) is 83.5 Å². The number of epoxide rings is 1. The maximum atomic E-state index is 12.6. The third-order valence-electron chi connectivity index (χ3n) is 8.67. The van der Waals surface area contributed by atoms with Crippen LogP contribution >= 0.6 is 7.82 Å². The van der Waals surface area contributed by atoms with Gasteiger partial charge in [0.2, 0.25) is 0 Å². The molecule has 1 aliphatic heterocycles. The second-order valence-electron chi connectivity index (χ2n) is 13.9. The van der Waals surface area contributed by atoms with E-state index in [1.54, 1.807) is 0 Å². The molecule has 1 saturated heterocycles. The lowest BCUT2D eigenvalue weighted by atomic mass is 10.1. The molecule has 0 amide bonds. The van der Waals surface area contributed by atoms with Gasteiger partial charge < -0.3 is 24.8 Å². The summed E-state index contributed by atoms with van der Waals surface area (Å²) in [6, 6.07) is 0. The molecule has 0 saturated carbocycles. The summed E-state index contributed by atoms with van der Waals surface area (Å²) in [6.07, 6.45) is 47.9. The fraction of sp³-hybridized carbons (Fsp3) is 0.644. The molecule has 0 radical (unpaired) electrons. The molecule has 3 N–H and O–H groups in total. The summed E-state index contributed by atoms with van der Waals surface area (Å²) in [4.78, 5) is 34.9. The highest BCUT2D eigenvalue weighted by Gasteiger charge is 2.36. The molecule has 56 heavy (non-hydrogen) atoms.